The van der Waals surface area contributed by atoms with Gasteiger partial charge in [-0.1, -0.05) is 32.1 Å². The van der Waals surface area contributed by atoms with E-state index in [2.05, 4.69) is 32.1 Å². The number of hydrogen-bond acceptors (Lipinski definition) is 0. The van der Waals surface area contributed by atoms with Crippen molar-refractivity contribution in [3.05, 3.63) is 23.8 Å². The van der Waals surface area contributed by atoms with Gasteiger partial charge in [0.05, 0.1) is 0 Å². The van der Waals surface area contributed by atoms with Crippen LogP contribution in [0.5, 0.6) is 0 Å². The van der Waals surface area contributed by atoms with Crippen LogP contribution in [-0.4, -0.2) is 10.2 Å². The maximum atomic E-state index is 2.42. The molecule has 0 radical (unpaired) electrons. The van der Waals surface area contributed by atoms with Crippen LogP contribution in [-0.2, 0) is 0 Å². The summed E-state index contributed by atoms with van der Waals surface area (Å²) in [4.78, 5) is 0. The van der Waals surface area contributed by atoms with Crippen molar-refractivity contribution in [3.8, 4) is 0 Å². The van der Waals surface area contributed by atoms with Gasteiger partial charge in [-0.05, 0) is 23.5 Å². The molecule has 1 heteroatoms. The summed E-state index contributed by atoms with van der Waals surface area (Å²) in [5.74, 6) is 0.773. The average Bonchev–Trinajstić information content (AvgIpc) is 2.34. The monoisotopic (exact) mass is 152 g/mol. The van der Waals surface area contributed by atoms with Gasteiger partial charge in [-0.2, -0.15) is 0 Å². The Kier molecular flexibility index (Phi) is 2.49. The van der Waals surface area contributed by atoms with Crippen LogP contribution >= 0.6 is 0 Å². The zero-order chi connectivity index (χ0) is 7.56. The van der Waals surface area contributed by atoms with Gasteiger partial charge >= 0.3 is 0 Å². The Bertz CT molecular complexity index is 168. The van der Waals surface area contributed by atoms with Crippen molar-refractivity contribution in [3.63, 3.8) is 0 Å². The normalized spacial score (nSPS) is 27.0. The predicted molar refractivity (Wildman–Crippen MR) is 50.4 cm³/mol. The molecule has 0 spiro atoms. The minimum absolute atomic E-state index is 0.773. The molecule has 0 fully saturated rings. The largest absolute Gasteiger partial charge is 0.0811 e. The maximum Gasteiger partial charge on any atom is 0.0163 e. The first kappa shape index (κ1) is 7.80. The lowest BCUT2D eigenvalue weighted by Gasteiger charge is -2.06. The molecule has 2 atom stereocenters. The Hall–Kier alpha value is -0.303. The lowest BCUT2D eigenvalue weighted by Crippen LogP contribution is -1.92. The highest BCUT2D eigenvalue weighted by Crippen LogP contribution is 2.25. The molecule has 0 saturated carbocycles. The summed E-state index contributed by atoms with van der Waals surface area (Å²) in [6.07, 6.45) is 8.31. The van der Waals surface area contributed by atoms with Crippen molar-refractivity contribution in [1.29, 1.82) is 0 Å². The molecule has 0 amide bonds. The molecule has 0 aromatic heterocycles. The van der Waals surface area contributed by atoms with Gasteiger partial charge in [0, 0.05) is 10.2 Å². The Morgan fingerprint density at radius 3 is 2.80 bits per heavy atom. The Balaban J connectivity index is 2.58. The summed E-state index contributed by atoms with van der Waals surface area (Å²) in [7, 11) is 1.28. The second-order valence-corrected chi connectivity index (χ2v) is 4.53. The van der Waals surface area contributed by atoms with Crippen LogP contribution < -0.4 is 0 Å². The molecule has 0 aromatic rings. The molecule has 1 rings (SSSR count). The van der Waals surface area contributed by atoms with E-state index in [1.807, 2.05) is 0 Å². The van der Waals surface area contributed by atoms with Gasteiger partial charge in [0.15, 0.2) is 0 Å². The van der Waals surface area contributed by atoms with Gasteiger partial charge < -0.3 is 0 Å². The van der Waals surface area contributed by atoms with E-state index in [0.717, 1.165) is 11.5 Å². The highest BCUT2D eigenvalue weighted by molar-refractivity contribution is 6.14. The van der Waals surface area contributed by atoms with E-state index in [1.54, 1.807) is 5.57 Å². The van der Waals surface area contributed by atoms with E-state index in [4.69, 9.17) is 0 Å². The third kappa shape index (κ3) is 1.60. The third-order valence-corrected chi connectivity index (χ3v) is 2.95. The highest BCUT2D eigenvalue weighted by Gasteiger charge is 2.08. The van der Waals surface area contributed by atoms with Crippen molar-refractivity contribution in [1.82, 2.24) is 0 Å². The van der Waals surface area contributed by atoms with Crippen LogP contribution in [0.3, 0.4) is 0 Å². The Labute approximate surface area is 66.4 Å². The van der Waals surface area contributed by atoms with Crippen LogP contribution in [0.4, 0.5) is 0 Å². The molecule has 1 aliphatic rings. The van der Waals surface area contributed by atoms with Crippen molar-refractivity contribution < 1.29 is 0 Å². The van der Waals surface area contributed by atoms with E-state index >= 15 is 0 Å². The molecule has 0 N–H and O–H groups in total. The molecule has 2 unspecified atom stereocenters. The average molecular weight is 152 g/mol. The van der Waals surface area contributed by atoms with Crippen molar-refractivity contribution in [2.24, 2.45) is 5.92 Å². The second kappa shape index (κ2) is 3.20. The molecular weight excluding hydrogens is 136 g/mol. The van der Waals surface area contributed by atoms with Gasteiger partial charge in [-0.25, -0.2) is 0 Å². The zero-order valence-electron chi connectivity index (χ0n) is 7.09. The first-order valence-corrected chi connectivity index (χ1v) is 5.29. The molecule has 0 saturated heterocycles. The van der Waals surface area contributed by atoms with Crippen LogP contribution in [0, 0.1) is 5.92 Å². The topological polar surface area (TPSA) is 0 Å². The number of hydrogen-bond donors (Lipinski definition) is 0. The van der Waals surface area contributed by atoms with E-state index in [1.165, 1.54) is 16.7 Å². The first-order chi connectivity index (χ1) is 4.74. The standard InChI is InChI=1S/C9H16Si/c1-3-7(2)8-4-5-9(10)6-8/h4-7,9H,3H2,1-2,10H3. The van der Waals surface area contributed by atoms with Crippen LogP contribution in [0.25, 0.3) is 0 Å². The SMILES string of the molecule is CCC(C)C1=CC([SiH3])C=C1. The minimum Gasteiger partial charge on any atom is -0.0811 e. The fourth-order valence-corrected chi connectivity index (χ4v) is 1.82. The fraction of sp³-hybridized carbons (Fsp3) is 0.556. The lowest BCUT2D eigenvalue weighted by atomic mass is 10.0. The van der Waals surface area contributed by atoms with Gasteiger partial charge in [0.25, 0.3) is 0 Å². The second-order valence-electron chi connectivity index (χ2n) is 3.19. The van der Waals surface area contributed by atoms with Gasteiger partial charge in [-0.15, -0.1) is 0 Å². The third-order valence-electron chi connectivity index (χ3n) is 2.23. The molecule has 10 heavy (non-hydrogen) atoms. The Morgan fingerprint density at radius 2 is 2.40 bits per heavy atom. The Morgan fingerprint density at radius 1 is 1.70 bits per heavy atom. The van der Waals surface area contributed by atoms with Crippen LogP contribution in [0.2, 0.25) is 5.54 Å². The summed E-state index contributed by atoms with van der Waals surface area (Å²) < 4.78 is 0. The van der Waals surface area contributed by atoms with Crippen LogP contribution in [0.1, 0.15) is 20.3 Å². The molecule has 0 bridgehead atoms. The van der Waals surface area contributed by atoms with Crippen molar-refractivity contribution >= 4 is 10.2 Å². The molecule has 0 heterocycles. The summed E-state index contributed by atoms with van der Waals surface area (Å²) >= 11 is 0. The smallest absolute Gasteiger partial charge is 0.0163 e. The summed E-state index contributed by atoms with van der Waals surface area (Å²) in [6, 6.07) is 0. The van der Waals surface area contributed by atoms with E-state index in [-0.39, 0.29) is 0 Å². The first-order valence-electron chi connectivity index (χ1n) is 4.14. The summed E-state index contributed by atoms with van der Waals surface area (Å²) in [5.41, 5.74) is 2.37. The molecule has 56 valence electrons. The quantitative estimate of drug-likeness (QED) is 0.528. The fourth-order valence-electron chi connectivity index (χ4n) is 1.24. The number of allylic oxidation sites excluding steroid dienone is 4. The molecular formula is C9H16Si. The molecule has 0 aliphatic heterocycles. The van der Waals surface area contributed by atoms with Crippen LogP contribution in [0.15, 0.2) is 23.8 Å². The van der Waals surface area contributed by atoms with Gasteiger partial charge in [0.1, 0.15) is 0 Å². The van der Waals surface area contributed by atoms with E-state index < -0.39 is 0 Å². The van der Waals surface area contributed by atoms with Crippen molar-refractivity contribution in [2.75, 3.05) is 0 Å². The van der Waals surface area contributed by atoms with E-state index in [9.17, 15) is 0 Å². The summed E-state index contributed by atoms with van der Waals surface area (Å²) in [6.45, 7) is 4.55. The van der Waals surface area contributed by atoms with E-state index in [0.29, 0.717) is 0 Å². The zero-order valence-corrected chi connectivity index (χ0v) is 9.09. The predicted octanol–water partition coefficient (Wildman–Crippen LogP) is 1.68. The molecule has 1 aliphatic carbocycles. The lowest BCUT2D eigenvalue weighted by molar-refractivity contribution is 0.671. The van der Waals surface area contributed by atoms with Crippen molar-refractivity contribution in [2.45, 2.75) is 25.8 Å². The number of rotatable bonds is 2. The molecule has 0 aromatic carbocycles. The van der Waals surface area contributed by atoms with Gasteiger partial charge in [-0.3, -0.25) is 0 Å². The van der Waals surface area contributed by atoms with Gasteiger partial charge in [0.2, 0.25) is 0 Å². The maximum absolute atomic E-state index is 2.42. The minimum atomic E-state index is 0.773. The molecule has 0 nitrogen and oxygen atoms in total. The highest BCUT2D eigenvalue weighted by atomic mass is 28.1. The summed E-state index contributed by atoms with van der Waals surface area (Å²) in [5, 5.41) is 0.